The van der Waals surface area contributed by atoms with Crippen molar-refractivity contribution in [2.24, 2.45) is 0 Å². The number of aldehydes is 1. The third-order valence-corrected chi connectivity index (χ3v) is 2.07. The predicted molar refractivity (Wildman–Crippen MR) is 47.3 cm³/mol. The molecule has 0 bridgehead atoms. The molecule has 3 nitrogen and oxygen atoms in total. The minimum absolute atomic E-state index is 0.296. The normalized spacial score (nSPS) is 18.8. The number of carbonyl (C=O) groups excluding carboxylic acids is 1. The molecule has 0 N–H and O–H groups in total. The lowest BCUT2D eigenvalue weighted by Crippen LogP contribution is -2.11. The summed E-state index contributed by atoms with van der Waals surface area (Å²) in [5.41, 5.74) is 1.49. The molecule has 1 unspecified atom stereocenters. The van der Waals surface area contributed by atoms with E-state index in [9.17, 15) is 4.79 Å². The largest absolute Gasteiger partial charge is 0.451 e. The van der Waals surface area contributed by atoms with E-state index in [0.717, 1.165) is 11.8 Å². The SMILES string of the molecule is Cc1ccc2c(c1C=O)OC(C)O2. The topological polar surface area (TPSA) is 35.5 Å². The van der Waals surface area contributed by atoms with Gasteiger partial charge in [0, 0.05) is 6.92 Å². The number of fused-ring (bicyclic) bond motifs is 1. The maximum absolute atomic E-state index is 10.8. The standard InChI is InChI=1S/C10H10O3/c1-6-3-4-9-10(8(6)5-11)13-7(2)12-9/h3-5,7H,1-2H3. The van der Waals surface area contributed by atoms with E-state index in [1.54, 1.807) is 6.92 Å². The van der Waals surface area contributed by atoms with Crippen molar-refractivity contribution >= 4 is 6.29 Å². The van der Waals surface area contributed by atoms with Gasteiger partial charge in [0.25, 0.3) is 0 Å². The maximum Gasteiger partial charge on any atom is 0.238 e. The molecular formula is C10H10O3. The number of hydrogen-bond donors (Lipinski definition) is 0. The Morgan fingerprint density at radius 1 is 1.38 bits per heavy atom. The van der Waals surface area contributed by atoms with Crippen LogP contribution in [0.15, 0.2) is 12.1 Å². The number of aryl methyl sites for hydroxylation is 1. The summed E-state index contributed by atoms with van der Waals surface area (Å²) in [6.07, 6.45) is 0.505. The number of rotatable bonds is 1. The first-order valence-corrected chi connectivity index (χ1v) is 4.14. The van der Waals surface area contributed by atoms with E-state index in [4.69, 9.17) is 9.47 Å². The number of ether oxygens (including phenoxy) is 2. The summed E-state index contributed by atoms with van der Waals surface area (Å²) in [6.45, 7) is 3.67. The van der Waals surface area contributed by atoms with Crippen molar-refractivity contribution in [1.29, 1.82) is 0 Å². The summed E-state index contributed by atoms with van der Waals surface area (Å²) in [5.74, 6) is 1.22. The Kier molecular flexibility index (Phi) is 1.72. The molecule has 0 amide bonds. The van der Waals surface area contributed by atoms with Crippen LogP contribution in [0.1, 0.15) is 22.8 Å². The van der Waals surface area contributed by atoms with Crippen molar-refractivity contribution in [1.82, 2.24) is 0 Å². The number of carbonyl (C=O) groups is 1. The maximum atomic E-state index is 10.8. The molecule has 1 aliphatic rings. The first kappa shape index (κ1) is 8.10. The lowest BCUT2D eigenvalue weighted by atomic mass is 10.1. The molecule has 3 heteroatoms. The van der Waals surface area contributed by atoms with E-state index in [0.29, 0.717) is 17.1 Å². The average molecular weight is 178 g/mol. The predicted octanol–water partition coefficient (Wildman–Crippen LogP) is 1.92. The quantitative estimate of drug-likeness (QED) is 0.616. The second-order valence-corrected chi connectivity index (χ2v) is 3.04. The van der Waals surface area contributed by atoms with Gasteiger partial charge in [0.1, 0.15) is 0 Å². The molecule has 0 saturated carbocycles. The van der Waals surface area contributed by atoms with Gasteiger partial charge in [-0.05, 0) is 18.6 Å². The van der Waals surface area contributed by atoms with Crippen LogP contribution in [-0.2, 0) is 0 Å². The third-order valence-electron chi connectivity index (χ3n) is 2.07. The summed E-state index contributed by atoms with van der Waals surface area (Å²) < 4.78 is 10.7. The summed E-state index contributed by atoms with van der Waals surface area (Å²) in [5, 5.41) is 0. The second kappa shape index (κ2) is 2.76. The Morgan fingerprint density at radius 2 is 2.15 bits per heavy atom. The first-order chi connectivity index (χ1) is 6.22. The van der Waals surface area contributed by atoms with Crippen LogP contribution in [0.2, 0.25) is 0 Å². The Balaban J connectivity index is 2.58. The molecule has 2 rings (SSSR count). The highest BCUT2D eigenvalue weighted by molar-refractivity contribution is 5.83. The fourth-order valence-corrected chi connectivity index (χ4v) is 1.41. The van der Waals surface area contributed by atoms with Crippen LogP contribution >= 0.6 is 0 Å². The molecule has 0 aliphatic carbocycles. The number of benzene rings is 1. The van der Waals surface area contributed by atoms with Gasteiger partial charge in [-0.2, -0.15) is 0 Å². The average Bonchev–Trinajstić information content (AvgIpc) is 2.45. The van der Waals surface area contributed by atoms with Gasteiger partial charge in [0.15, 0.2) is 17.8 Å². The molecule has 1 atom stereocenters. The molecule has 1 aliphatic heterocycles. The Hall–Kier alpha value is -1.51. The van der Waals surface area contributed by atoms with Gasteiger partial charge in [-0.3, -0.25) is 4.79 Å². The van der Waals surface area contributed by atoms with E-state index >= 15 is 0 Å². The van der Waals surface area contributed by atoms with E-state index < -0.39 is 0 Å². The minimum Gasteiger partial charge on any atom is -0.451 e. The Bertz CT molecular complexity index is 357. The lowest BCUT2D eigenvalue weighted by Gasteiger charge is -2.02. The zero-order chi connectivity index (χ0) is 9.42. The fourth-order valence-electron chi connectivity index (χ4n) is 1.41. The molecular weight excluding hydrogens is 168 g/mol. The van der Waals surface area contributed by atoms with E-state index in [2.05, 4.69) is 0 Å². The van der Waals surface area contributed by atoms with Gasteiger partial charge in [0.2, 0.25) is 6.29 Å². The van der Waals surface area contributed by atoms with Crippen LogP contribution in [0, 0.1) is 6.92 Å². The summed E-state index contributed by atoms with van der Waals surface area (Å²) >= 11 is 0. The zero-order valence-electron chi connectivity index (χ0n) is 7.53. The number of hydrogen-bond acceptors (Lipinski definition) is 3. The van der Waals surface area contributed by atoms with Gasteiger partial charge >= 0.3 is 0 Å². The minimum atomic E-state index is -0.296. The van der Waals surface area contributed by atoms with Crippen molar-refractivity contribution in [3.63, 3.8) is 0 Å². The summed E-state index contributed by atoms with van der Waals surface area (Å²) in [7, 11) is 0. The fraction of sp³-hybridized carbons (Fsp3) is 0.300. The van der Waals surface area contributed by atoms with Gasteiger partial charge in [0.05, 0.1) is 5.56 Å². The summed E-state index contributed by atoms with van der Waals surface area (Å²) in [4.78, 5) is 10.8. The van der Waals surface area contributed by atoms with Crippen molar-refractivity contribution < 1.29 is 14.3 Å². The molecule has 13 heavy (non-hydrogen) atoms. The Morgan fingerprint density at radius 3 is 2.85 bits per heavy atom. The molecule has 0 aromatic heterocycles. The smallest absolute Gasteiger partial charge is 0.238 e. The monoisotopic (exact) mass is 178 g/mol. The van der Waals surface area contributed by atoms with Gasteiger partial charge < -0.3 is 9.47 Å². The van der Waals surface area contributed by atoms with Crippen LogP contribution in [0.4, 0.5) is 0 Å². The molecule has 0 fully saturated rings. The van der Waals surface area contributed by atoms with Crippen molar-refractivity contribution in [3.8, 4) is 11.5 Å². The lowest BCUT2D eigenvalue weighted by molar-refractivity contribution is 0.0673. The molecule has 1 heterocycles. The van der Waals surface area contributed by atoms with E-state index in [1.165, 1.54) is 0 Å². The zero-order valence-corrected chi connectivity index (χ0v) is 7.53. The molecule has 1 aromatic carbocycles. The van der Waals surface area contributed by atoms with Crippen LogP contribution in [0.5, 0.6) is 11.5 Å². The van der Waals surface area contributed by atoms with Gasteiger partial charge in [-0.15, -0.1) is 0 Å². The van der Waals surface area contributed by atoms with Crippen LogP contribution < -0.4 is 9.47 Å². The highest BCUT2D eigenvalue weighted by Crippen LogP contribution is 2.38. The van der Waals surface area contributed by atoms with Crippen LogP contribution in [0.25, 0.3) is 0 Å². The van der Waals surface area contributed by atoms with Gasteiger partial charge in [-0.1, -0.05) is 6.07 Å². The second-order valence-electron chi connectivity index (χ2n) is 3.04. The van der Waals surface area contributed by atoms with Crippen molar-refractivity contribution in [3.05, 3.63) is 23.3 Å². The van der Waals surface area contributed by atoms with E-state index in [-0.39, 0.29) is 6.29 Å². The molecule has 0 spiro atoms. The first-order valence-electron chi connectivity index (χ1n) is 4.14. The molecule has 0 saturated heterocycles. The van der Waals surface area contributed by atoms with Crippen LogP contribution in [-0.4, -0.2) is 12.6 Å². The summed E-state index contributed by atoms with van der Waals surface area (Å²) in [6, 6.07) is 3.67. The van der Waals surface area contributed by atoms with Gasteiger partial charge in [-0.25, -0.2) is 0 Å². The Labute approximate surface area is 76.3 Å². The molecule has 0 radical (unpaired) electrons. The highest BCUT2D eigenvalue weighted by atomic mass is 16.7. The molecule has 68 valence electrons. The van der Waals surface area contributed by atoms with E-state index in [1.807, 2.05) is 19.1 Å². The molecule has 1 aromatic rings. The van der Waals surface area contributed by atoms with Crippen molar-refractivity contribution in [2.75, 3.05) is 0 Å². The van der Waals surface area contributed by atoms with Crippen LogP contribution in [0.3, 0.4) is 0 Å². The third kappa shape index (κ3) is 1.16. The highest BCUT2D eigenvalue weighted by Gasteiger charge is 2.23. The van der Waals surface area contributed by atoms with Crippen molar-refractivity contribution in [2.45, 2.75) is 20.1 Å².